The first-order valence-corrected chi connectivity index (χ1v) is 9.54. The predicted octanol–water partition coefficient (Wildman–Crippen LogP) is 1.82. The first-order chi connectivity index (χ1) is 10.0. The van der Waals surface area contributed by atoms with Crippen molar-refractivity contribution in [1.82, 2.24) is 4.90 Å². The summed E-state index contributed by atoms with van der Waals surface area (Å²) in [6.45, 7) is 0. The van der Waals surface area contributed by atoms with E-state index in [0.717, 1.165) is 16.6 Å². The Morgan fingerprint density at radius 3 is 2.95 bits per heavy atom. The molecule has 1 aromatic heterocycles. The number of thiocarbonyl (C=S) groups is 1. The van der Waals surface area contributed by atoms with Crippen molar-refractivity contribution in [2.24, 2.45) is 0 Å². The molecule has 1 amide bonds. The van der Waals surface area contributed by atoms with Crippen molar-refractivity contribution in [2.75, 3.05) is 12.0 Å². The molecule has 1 aliphatic heterocycles. The summed E-state index contributed by atoms with van der Waals surface area (Å²) in [5, 5.41) is 13.2. The van der Waals surface area contributed by atoms with Gasteiger partial charge in [-0.2, -0.15) is 11.8 Å². The highest BCUT2D eigenvalue weighted by Gasteiger charge is 2.37. The number of nitrogens with zero attached hydrogens (tertiary/aromatic N) is 1. The van der Waals surface area contributed by atoms with Gasteiger partial charge in [0.15, 0.2) is 0 Å². The number of rotatable bonds is 6. The van der Waals surface area contributed by atoms with E-state index in [-0.39, 0.29) is 10.2 Å². The van der Waals surface area contributed by atoms with E-state index < -0.39 is 12.0 Å². The van der Waals surface area contributed by atoms with Crippen LogP contribution >= 0.6 is 47.1 Å². The highest BCUT2D eigenvalue weighted by Crippen LogP contribution is 2.35. The minimum absolute atomic E-state index is 0.276. The van der Waals surface area contributed by atoms with E-state index in [2.05, 4.69) is 0 Å². The highest BCUT2D eigenvalue weighted by atomic mass is 32.2. The molecule has 1 atom stereocenters. The Morgan fingerprint density at radius 2 is 2.38 bits per heavy atom. The molecule has 21 heavy (non-hydrogen) atoms. The van der Waals surface area contributed by atoms with Gasteiger partial charge in [-0.1, -0.05) is 30.0 Å². The van der Waals surface area contributed by atoms with Gasteiger partial charge >= 0.3 is 0 Å². The molecule has 0 aliphatic carbocycles. The predicted molar refractivity (Wildman–Crippen MR) is 91.1 cm³/mol. The van der Waals surface area contributed by atoms with Gasteiger partial charge in [0.2, 0.25) is 0 Å². The molecule has 0 saturated carbocycles. The van der Waals surface area contributed by atoms with Crippen LogP contribution < -0.4 is 5.11 Å². The normalized spacial score (nSPS) is 18.5. The van der Waals surface area contributed by atoms with Crippen molar-refractivity contribution < 1.29 is 14.7 Å². The maximum absolute atomic E-state index is 12.4. The van der Waals surface area contributed by atoms with E-state index >= 15 is 0 Å². The van der Waals surface area contributed by atoms with E-state index in [0.29, 0.717) is 17.1 Å². The topological polar surface area (TPSA) is 60.4 Å². The van der Waals surface area contributed by atoms with Crippen LogP contribution in [0.4, 0.5) is 0 Å². The van der Waals surface area contributed by atoms with Crippen LogP contribution in [0, 0.1) is 0 Å². The third kappa shape index (κ3) is 3.88. The summed E-state index contributed by atoms with van der Waals surface area (Å²) in [7, 11) is 0. The lowest BCUT2D eigenvalue weighted by atomic mass is 10.2. The largest absolute Gasteiger partial charge is 0.548 e. The SMILES string of the molecule is CSCC[C@H](C(=O)[O-])N1C(=O)/C(=C/c2cccs2)SC1=S. The van der Waals surface area contributed by atoms with Gasteiger partial charge in [0.25, 0.3) is 5.91 Å². The van der Waals surface area contributed by atoms with Crippen LogP contribution in [0.1, 0.15) is 11.3 Å². The second-order valence-electron chi connectivity index (χ2n) is 4.18. The molecular formula is C13H12NO3S4-. The molecule has 1 aliphatic rings. The monoisotopic (exact) mass is 358 g/mol. The highest BCUT2D eigenvalue weighted by molar-refractivity contribution is 8.26. The number of aliphatic carboxylic acids is 1. The molecule has 4 nitrogen and oxygen atoms in total. The Morgan fingerprint density at radius 1 is 1.62 bits per heavy atom. The Labute approximate surface area is 140 Å². The van der Waals surface area contributed by atoms with E-state index in [9.17, 15) is 14.7 Å². The number of carbonyl (C=O) groups is 2. The zero-order chi connectivity index (χ0) is 15.4. The van der Waals surface area contributed by atoms with Gasteiger partial charge in [-0.25, -0.2) is 0 Å². The zero-order valence-electron chi connectivity index (χ0n) is 11.1. The van der Waals surface area contributed by atoms with Crippen LogP contribution in [0.2, 0.25) is 0 Å². The summed E-state index contributed by atoms with van der Waals surface area (Å²) < 4.78 is 0.276. The fraction of sp³-hybridized carbons (Fsp3) is 0.308. The van der Waals surface area contributed by atoms with Crippen LogP contribution in [-0.2, 0) is 9.59 Å². The molecule has 1 saturated heterocycles. The van der Waals surface area contributed by atoms with Crippen molar-refractivity contribution >= 4 is 69.4 Å². The Hall–Kier alpha value is -0.830. The lowest BCUT2D eigenvalue weighted by Crippen LogP contribution is -2.50. The Balaban J connectivity index is 2.22. The van der Waals surface area contributed by atoms with Gasteiger partial charge < -0.3 is 9.90 Å². The summed E-state index contributed by atoms with van der Waals surface area (Å²) in [6, 6.07) is 2.78. The number of amides is 1. The molecule has 1 fully saturated rings. The average molecular weight is 359 g/mol. The van der Waals surface area contributed by atoms with Crippen molar-refractivity contribution in [3.63, 3.8) is 0 Å². The van der Waals surface area contributed by atoms with E-state index in [1.54, 1.807) is 6.08 Å². The molecule has 1 aromatic rings. The molecule has 0 bridgehead atoms. The zero-order valence-corrected chi connectivity index (χ0v) is 14.4. The molecule has 0 radical (unpaired) electrons. The molecule has 0 unspecified atom stereocenters. The number of thiophene rings is 1. The molecule has 112 valence electrons. The Bertz CT molecular complexity index is 582. The number of hydrogen-bond donors (Lipinski definition) is 0. The van der Waals surface area contributed by atoms with Gasteiger partial charge in [0.1, 0.15) is 4.32 Å². The lowest BCUT2D eigenvalue weighted by molar-refractivity contribution is -0.310. The van der Waals surface area contributed by atoms with Gasteiger partial charge in [0, 0.05) is 4.88 Å². The first kappa shape index (κ1) is 16.5. The lowest BCUT2D eigenvalue weighted by Gasteiger charge is -2.27. The summed E-state index contributed by atoms with van der Waals surface area (Å²) in [5.41, 5.74) is 0. The van der Waals surface area contributed by atoms with Crippen molar-refractivity contribution in [3.8, 4) is 0 Å². The summed E-state index contributed by atoms with van der Waals surface area (Å²) in [5.74, 6) is -0.994. The second-order valence-corrected chi connectivity index (χ2v) is 7.82. The van der Waals surface area contributed by atoms with Crippen molar-refractivity contribution in [1.29, 1.82) is 0 Å². The van der Waals surface area contributed by atoms with E-state index in [4.69, 9.17) is 12.2 Å². The number of carbonyl (C=O) groups excluding carboxylic acids is 2. The van der Waals surface area contributed by atoms with Crippen LogP contribution in [0.5, 0.6) is 0 Å². The maximum atomic E-state index is 12.4. The van der Waals surface area contributed by atoms with Crippen LogP contribution in [0.15, 0.2) is 22.4 Å². The van der Waals surface area contributed by atoms with E-state index in [1.807, 2.05) is 23.8 Å². The van der Waals surface area contributed by atoms with Gasteiger partial charge in [-0.05, 0) is 36.0 Å². The van der Waals surface area contributed by atoms with Gasteiger partial charge in [0.05, 0.1) is 16.9 Å². The molecule has 0 aromatic carbocycles. The molecule has 0 N–H and O–H groups in total. The third-order valence-electron chi connectivity index (χ3n) is 2.82. The standard InChI is InChI=1S/C13H13NO3S4/c1-19-6-4-9(12(16)17)14-11(15)10(21-13(14)18)7-8-3-2-5-20-8/h2-3,5,7,9H,4,6H2,1H3,(H,16,17)/p-1/b10-7-/t9-/m1/s1. The smallest absolute Gasteiger partial charge is 0.266 e. The van der Waals surface area contributed by atoms with E-state index in [1.165, 1.54) is 28.0 Å². The maximum Gasteiger partial charge on any atom is 0.266 e. The quantitative estimate of drug-likeness (QED) is 0.571. The number of carboxylic acid groups (broad SMARTS) is 1. The molecule has 2 heterocycles. The Kier molecular flexibility index (Phi) is 5.86. The molecule has 2 rings (SSSR count). The number of carboxylic acids is 1. The molecule has 0 spiro atoms. The third-order valence-corrected chi connectivity index (χ3v) is 5.61. The first-order valence-electron chi connectivity index (χ1n) is 6.05. The summed E-state index contributed by atoms with van der Waals surface area (Å²) >= 11 is 9.33. The van der Waals surface area contributed by atoms with Gasteiger partial charge in [-0.15, -0.1) is 11.3 Å². The number of thioether (sulfide) groups is 2. The van der Waals surface area contributed by atoms with Crippen LogP contribution in [-0.4, -0.2) is 39.1 Å². The molecular weight excluding hydrogens is 346 g/mol. The average Bonchev–Trinajstić information content (AvgIpc) is 3.02. The van der Waals surface area contributed by atoms with Gasteiger partial charge in [-0.3, -0.25) is 9.69 Å². The van der Waals surface area contributed by atoms with Crippen LogP contribution in [0.3, 0.4) is 0 Å². The van der Waals surface area contributed by atoms with Crippen LogP contribution in [0.25, 0.3) is 6.08 Å². The number of hydrogen-bond acceptors (Lipinski definition) is 7. The second kappa shape index (κ2) is 7.44. The fourth-order valence-corrected chi connectivity index (χ4v) is 4.37. The molecule has 8 heteroatoms. The summed E-state index contributed by atoms with van der Waals surface area (Å²) in [4.78, 5) is 26.3. The minimum Gasteiger partial charge on any atom is -0.548 e. The minimum atomic E-state index is -1.27. The summed E-state index contributed by atoms with van der Waals surface area (Å²) in [6.07, 6.45) is 3.94. The fourth-order valence-electron chi connectivity index (χ4n) is 1.83. The van der Waals surface area contributed by atoms with Crippen molar-refractivity contribution in [3.05, 3.63) is 27.3 Å². The van der Waals surface area contributed by atoms with Crippen molar-refractivity contribution in [2.45, 2.75) is 12.5 Å².